The van der Waals surface area contributed by atoms with E-state index in [2.05, 4.69) is 12.1 Å². The molecule has 1 aliphatic heterocycles. The smallest absolute Gasteiger partial charge is 0.0992 e. The highest BCUT2D eigenvalue weighted by Crippen LogP contribution is 2.25. The van der Waals surface area contributed by atoms with E-state index in [4.69, 9.17) is 10.5 Å². The second kappa shape index (κ2) is 4.79. The van der Waals surface area contributed by atoms with Crippen LogP contribution in [0.1, 0.15) is 18.4 Å². The van der Waals surface area contributed by atoms with E-state index in [1.54, 1.807) is 0 Å². The third-order valence-electron chi connectivity index (χ3n) is 3.02. The van der Waals surface area contributed by atoms with Crippen molar-refractivity contribution in [3.63, 3.8) is 0 Å². The molecular formula is C13H13N3. The summed E-state index contributed by atoms with van der Waals surface area (Å²) in [5.74, 6) is 0. The molecule has 0 radical (unpaired) electrons. The van der Waals surface area contributed by atoms with Crippen LogP contribution >= 0.6 is 0 Å². The maximum atomic E-state index is 9.03. The highest BCUT2D eigenvalue weighted by molar-refractivity contribution is 5.17. The van der Waals surface area contributed by atoms with Gasteiger partial charge in [-0.3, -0.25) is 4.90 Å². The molecular weight excluding hydrogens is 198 g/mol. The van der Waals surface area contributed by atoms with Crippen molar-refractivity contribution in [2.24, 2.45) is 0 Å². The first kappa shape index (κ1) is 10.7. The summed E-state index contributed by atoms with van der Waals surface area (Å²) in [6.07, 6.45) is 1.61. The van der Waals surface area contributed by atoms with Gasteiger partial charge in [0.25, 0.3) is 0 Å². The molecule has 0 spiro atoms. The molecule has 3 nitrogen and oxygen atoms in total. The summed E-state index contributed by atoms with van der Waals surface area (Å²) < 4.78 is 0. The van der Waals surface area contributed by atoms with Crippen LogP contribution in [0.5, 0.6) is 0 Å². The minimum absolute atomic E-state index is 0.107. The van der Waals surface area contributed by atoms with Crippen molar-refractivity contribution >= 4 is 0 Å². The molecule has 0 saturated carbocycles. The summed E-state index contributed by atoms with van der Waals surface area (Å²) >= 11 is 0. The molecule has 1 aromatic carbocycles. The second-order valence-electron chi connectivity index (χ2n) is 4.03. The molecule has 2 unspecified atom stereocenters. The average molecular weight is 211 g/mol. The number of hydrogen-bond donors (Lipinski definition) is 0. The SMILES string of the molecule is N#CC1CCC(C#N)N1Cc1ccccc1. The largest absolute Gasteiger partial charge is 0.268 e. The van der Waals surface area contributed by atoms with Crippen molar-refractivity contribution in [3.8, 4) is 12.1 Å². The Labute approximate surface area is 95.5 Å². The average Bonchev–Trinajstić information content (AvgIpc) is 2.72. The van der Waals surface area contributed by atoms with Gasteiger partial charge < -0.3 is 0 Å². The number of benzene rings is 1. The van der Waals surface area contributed by atoms with Gasteiger partial charge in [0.15, 0.2) is 0 Å². The number of rotatable bonds is 2. The number of hydrogen-bond acceptors (Lipinski definition) is 3. The molecule has 0 bridgehead atoms. The van der Waals surface area contributed by atoms with Crippen molar-refractivity contribution in [3.05, 3.63) is 35.9 Å². The van der Waals surface area contributed by atoms with Crippen LogP contribution in [0.4, 0.5) is 0 Å². The first-order valence-electron chi connectivity index (χ1n) is 5.44. The third-order valence-corrected chi connectivity index (χ3v) is 3.02. The fraction of sp³-hybridized carbons (Fsp3) is 0.385. The second-order valence-corrected chi connectivity index (χ2v) is 4.03. The van der Waals surface area contributed by atoms with E-state index < -0.39 is 0 Å². The Morgan fingerprint density at radius 3 is 2.12 bits per heavy atom. The monoisotopic (exact) mass is 211 g/mol. The van der Waals surface area contributed by atoms with Crippen molar-refractivity contribution < 1.29 is 0 Å². The van der Waals surface area contributed by atoms with Crippen molar-refractivity contribution in [1.82, 2.24) is 4.90 Å². The van der Waals surface area contributed by atoms with Crippen LogP contribution in [0.25, 0.3) is 0 Å². The lowest BCUT2D eigenvalue weighted by Crippen LogP contribution is -2.33. The molecule has 0 amide bonds. The molecule has 0 N–H and O–H groups in total. The Morgan fingerprint density at radius 1 is 1.06 bits per heavy atom. The minimum atomic E-state index is -0.107. The molecule has 1 aliphatic rings. The van der Waals surface area contributed by atoms with Gasteiger partial charge in [0.1, 0.15) is 0 Å². The standard InChI is InChI=1S/C13H13N3/c14-8-12-6-7-13(9-15)16(12)10-11-4-2-1-3-5-11/h1-5,12-13H,6-7,10H2. The molecule has 80 valence electrons. The van der Waals surface area contributed by atoms with Crippen LogP contribution in [-0.4, -0.2) is 17.0 Å². The van der Waals surface area contributed by atoms with Crippen molar-refractivity contribution in [2.75, 3.05) is 0 Å². The summed E-state index contributed by atoms with van der Waals surface area (Å²) in [6.45, 7) is 0.692. The molecule has 2 rings (SSSR count). The Kier molecular flexibility index (Phi) is 3.19. The summed E-state index contributed by atoms with van der Waals surface area (Å²) in [5.41, 5.74) is 1.16. The maximum Gasteiger partial charge on any atom is 0.0992 e. The van der Waals surface area contributed by atoms with Gasteiger partial charge in [0, 0.05) is 6.54 Å². The van der Waals surface area contributed by atoms with Crippen LogP contribution < -0.4 is 0 Å². The molecule has 1 aromatic rings. The quantitative estimate of drug-likeness (QED) is 0.752. The van der Waals surface area contributed by atoms with Crippen LogP contribution in [0.3, 0.4) is 0 Å². The van der Waals surface area contributed by atoms with Gasteiger partial charge in [-0.15, -0.1) is 0 Å². The summed E-state index contributed by atoms with van der Waals surface area (Å²) in [6, 6.07) is 14.3. The zero-order chi connectivity index (χ0) is 11.4. The van der Waals surface area contributed by atoms with Gasteiger partial charge in [0.2, 0.25) is 0 Å². The summed E-state index contributed by atoms with van der Waals surface area (Å²) in [5, 5.41) is 18.1. The van der Waals surface area contributed by atoms with Gasteiger partial charge in [-0.25, -0.2) is 0 Å². The van der Waals surface area contributed by atoms with E-state index >= 15 is 0 Å². The fourth-order valence-electron chi connectivity index (χ4n) is 2.16. The number of likely N-dealkylation sites (tertiary alicyclic amines) is 1. The molecule has 16 heavy (non-hydrogen) atoms. The molecule has 3 heteroatoms. The molecule has 0 aliphatic carbocycles. The van der Waals surface area contributed by atoms with E-state index in [-0.39, 0.29) is 12.1 Å². The van der Waals surface area contributed by atoms with Crippen molar-refractivity contribution in [1.29, 1.82) is 10.5 Å². The van der Waals surface area contributed by atoms with Gasteiger partial charge >= 0.3 is 0 Å². The van der Waals surface area contributed by atoms with E-state index in [1.807, 2.05) is 35.2 Å². The predicted octanol–water partition coefficient (Wildman–Crippen LogP) is 2.07. The minimum Gasteiger partial charge on any atom is -0.268 e. The van der Waals surface area contributed by atoms with Crippen LogP contribution in [0.2, 0.25) is 0 Å². The van der Waals surface area contributed by atoms with Crippen LogP contribution in [-0.2, 0) is 6.54 Å². The zero-order valence-corrected chi connectivity index (χ0v) is 9.00. The van der Waals surface area contributed by atoms with Gasteiger partial charge in [-0.2, -0.15) is 10.5 Å². The maximum absolute atomic E-state index is 9.03. The molecule has 1 fully saturated rings. The lowest BCUT2D eigenvalue weighted by molar-refractivity contribution is 0.248. The fourth-order valence-corrected chi connectivity index (χ4v) is 2.16. The van der Waals surface area contributed by atoms with Crippen molar-refractivity contribution in [2.45, 2.75) is 31.5 Å². The Balaban J connectivity index is 2.13. The van der Waals surface area contributed by atoms with Gasteiger partial charge in [-0.1, -0.05) is 30.3 Å². The topological polar surface area (TPSA) is 50.8 Å². The Hall–Kier alpha value is -1.84. The first-order valence-corrected chi connectivity index (χ1v) is 5.44. The van der Waals surface area contributed by atoms with E-state index in [9.17, 15) is 0 Å². The lowest BCUT2D eigenvalue weighted by atomic mass is 10.2. The molecule has 2 atom stereocenters. The predicted molar refractivity (Wildman–Crippen MR) is 60.0 cm³/mol. The lowest BCUT2D eigenvalue weighted by Gasteiger charge is -2.22. The van der Waals surface area contributed by atoms with Crippen LogP contribution in [0, 0.1) is 22.7 Å². The first-order chi connectivity index (χ1) is 7.85. The normalized spacial score (nSPS) is 24.9. The summed E-state index contributed by atoms with van der Waals surface area (Å²) in [7, 11) is 0. The van der Waals surface area contributed by atoms with E-state index in [0.717, 1.165) is 18.4 Å². The number of nitrogens with zero attached hydrogens (tertiary/aromatic N) is 3. The molecule has 1 heterocycles. The van der Waals surface area contributed by atoms with Crippen LogP contribution in [0.15, 0.2) is 30.3 Å². The highest BCUT2D eigenvalue weighted by atomic mass is 15.2. The number of nitriles is 2. The summed E-state index contributed by atoms with van der Waals surface area (Å²) in [4.78, 5) is 2.00. The molecule has 0 aromatic heterocycles. The highest BCUT2D eigenvalue weighted by Gasteiger charge is 2.33. The van der Waals surface area contributed by atoms with E-state index in [1.165, 1.54) is 0 Å². The molecule has 1 saturated heterocycles. The third kappa shape index (κ3) is 2.05. The Morgan fingerprint density at radius 2 is 1.62 bits per heavy atom. The Bertz CT molecular complexity index is 405. The van der Waals surface area contributed by atoms with Gasteiger partial charge in [-0.05, 0) is 18.4 Å². The van der Waals surface area contributed by atoms with E-state index in [0.29, 0.717) is 6.54 Å². The van der Waals surface area contributed by atoms with Gasteiger partial charge in [0.05, 0.1) is 24.2 Å². The zero-order valence-electron chi connectivity index (χ0n) is 9.00.